The summed E-state index contributed by atoms with van der Waals surface area (Å²) in [5.74, 6) is 1.46. The molecule has 1 heterocycles. The first-order valence-electron chi connectivity index (χ1n) is 7.07. The third-order valence-electron chi connectivity index (χ3n) is 3.82. The molecule has 0 aliphatic heterocycles. The Hall–Kier alpha value is -1.09. The molecule has 0 amide bonds. The normalized spacial score (nSPS) is 23.9. The highest BCUT2D eigenvalue weighted by Gasteiger charge is 2.26. The minimum atomic E-state index is 0.591. The van der Waals surface area contributed by atoms with E-state index in [1.165, 1.54) is 37.7 Å². The number of pyridine rings is 1. The molecule has 0 radical (unpaired) electrons. The predicted molar refractivity (Wildman–Crippen MR) is 74.1 cm³/mol. The van der Waals surface area contributed by atoms with Gasteiger partial charge in [0.25, 0.3) is 0 Å². The molecule has 18 heavy (non-hydrogen) atoms. The van der Waals surface area contributed by atoms with Crippen molar-refractivity contribution >= 4 is 0 Å². The van der Waals surface area contributed by atoms with E-state index >= 15 is 0 Å². The fourth-order valence-electron chi connectivity index (χ4n) is 2.85. The highest BCUT2D eigenvalue weighted by molar-refractivity contribution is 5.27. The van der Waals surface area contributed by atoms with E-state index in [1.54, 1.807) is 13.3 Å². The summed E-state index contributed by atoms with van der Waals surface area (Å²) in [4.78, 5) is 4.29. The highest BCUT2D eigenvalue weighted by Crippen LogP contribution is 2.33. The summed E-state index contributed by atoms with van der Waals surface area (Å²) in [6.07, 6.45) is 10.2. The monoisotopic (exact) mass is 248 g/mol. The van der Waals surface area contributed by atoms with Gasteiger partial charge in [0.1, 0.15) is 5.75 Å². The van der Waals surface area contributed by atoms with E-state index < -0.39 is 0 Å². The molecule has 0 spiro atoms. The molecule has 1 aliphatic rings. The number of hydrogen-bond donors (Lipinski definition) is 1. The maximum Gasteiger partial charge on any atom is 0.137 e. The van der Waals surface area contributed by atoms with Crippen LogP contribution in [0.3, 0.4) is 0 Å². The molecular weight excluding hydrogens is 224 g/mol. The van der Waals surface area contributed by atoms with Gasteiger partial charge in [0, 0.05) is 18.2 Å². The van der Waals surface area contributed by atoms with Gasteiger partial charge in [-0.1, -0.05) is 19.8 Å². The molecule has 2 rings (SSSR count). The second kappa shape index (κ2) is 6.74. The molecule has 1 N–H and O–H groups in total. The van der Waals surface area contributed by atoms with Crippen LogP contribution in [0.15, 0.2) is 18.5 Å². The molecule has 3 nitrogen and oxygen atoms in total. The van der Waals surface area contributed by atoms with Gasteiger partial charge < -0.3 is 10.1 Å². The van der Waals surface area contributed by atoms with Gasteiger partial charge in [-0.05, 0) is 37.4 Å². The molecule has 1 aromatic heterocycles. The van der Waals surface area contributed by atoms with Crippen LogP contribution in [0.25, 0.3) is 0 Å². The van der Waals surface area contributed by atoms with Crippen molar-refractivity contribution in [1.82, 2.24) is 10.3 Å². The second-order valence-electron chi connectivity index (χ2n) is 5.11. The average Bonchev–Trinajstić information content (AvgIpc) is 2.45. The first kappa shape index (κ1) is 13.3. The minimum Gasteiger partial charge on any atom is -0.495 e. The molecule has 2 unspecified atom stereocenters. The largest absolute Gasteiger partial charge is 0.495 e. The van der Waals surface area contributed by atoms with Crippen molar-refractivity contribution in [3.8, 4) is 5.75 Å². The molecule has 1 aliphatic carbocycles. The standard InChI is InChI=1S/C15H24N2O/c1-3-8-17-15-7-5-4-6-14(15)12-9-13(18-2)11-16-10-12/h9-11,14-15,17H,3-8H2,1-2H3. The predicted octanol–water partition coefficient (Wildman–Crippen LogP) is 3.12. The van der Waals surface area contributed by atoms with Crippen LogP contribution in [0.2, 0.25) is 0 Å². The summed E-state index contributed by atoms with van der Waals surface area (Å²) in [6, 6.07) is 2.75. The third kappa shape index (κ3) is 3.22. The topological polar surface area (TPSA) is 34.2 Å². The van der Waals surface area contributed by atoms with Crippen LogP contribution in [0, 0.1) is 0 Å². The lowest BCUT2D eigenvalue weighted by Gasteiger charge is -2.32. The van der Waals surface area contributed by atoms with E-state index in [0.29, 0.717) is 12.0 Å². The van der Waals surface area contributed by atoms with E-state index in [4.69, 9.17) is 4.74 Å². The summed E-state index contributed by atoms with van der Waals surface area (Å²) >= 11 is 0. The lowest BCUT2D eigenvalue weighted by molar-refractivity contribution is 0.326. The maximum atomic E-state index is 5.28. The molecule has 2 atom stereocenters. The minimum absolute atomic E-state index is 0.591. The quantitative estimate of drug-likeness (QED) is 0.869. The zero-order chi connectivity index (χ0) is 12.8. The lowest BCUT2D eigenvalue weighted by Crippen LogP contribution is -2.37. The Kier molecular flexibility index (Phi) is 5.00. The van der Waals surface area contributed by atoms with E-state index in [2.05, 4.69) is 23.3 Å². The van der Waals surface area contributed by atoms with Crippen LogP contribution in [-0.4, -0.2) is 24.7 Å². The maximum absolute atomic E-state index is 5.28. The van der Waals surface area contributed by atoms with Gasteiger partial charge in [0.15, 0.2) is 0 Å². The number of nitrogens with one attached hydrogen (secondary N) is 1. The molecule has 1 saturated carbocycles. The van der Waals surface area contributed by atoms with Gasteiger partial charge in [0.2, 0.25) is 0 Å². The Bertz CT molecular complexity index is 367. The van der Waals surface area contributed by atoms with Gasteiger partial charge >= 0.3 is 0 Å². The molecular formula is C15H24N2O. The third-order valence-corrected chi connectivity index (χ3v) is 3.82. The van der Waals surface area contributed by atoms with Crippen molar-refractivity contribution in [2.24, 2.45) is 0 Å². The zero-order valence-corrected chi connectivity index (χ0v) is 11.5. The van der Waals surface area contributed by atoms with Crippen LogP contribution < -0.4 is 10.1 Å². The van der Waals surface area contributed by atoms with Crippen molar-refractivity contribution in [1.29, 1.82) is 0 Å². The SMILES string of the molecule is CCCNC1CCCCC1c1cncc(OC)c1. The molecule has 1 fully saturated rings. The number of rotatable bonds is 5. The zero-order valence-electron chi connectivity index (χ0n) is 11.5. The van der Waals surface area contributed by atoms with Crippen molar-refractivity contribution in [3.63, 3.8) is 0 Å². The summed E-state index contributed by atoms with van der Waals surface area (Å²) in [6.45, 7) is 3.33. The molecule has 0 saturated heterocycles. The summed E-state index contributed by atoms with van der Waals surface area (Å²) < 4.78 is 5.28. The number of ether oxygens (including phenoxy) is 1. The molecule has 3 heteroatoms. The second-order valence-corrected chi connectivity index (χ2v) is 5.11. The molecule has 0 bridgehead atoms. The van der Waals surface area contributed by atoms with Crippen LogP contribution in [0.1, 0.15) is 50.5 Å². The van der Waals surface area contributed by atoms with E-state index in [-0.39, 0.29) is 0 Å². The van der Waals surface area contributed by atoms with E-state index in [1.807, 2.05) is 6.20 Å². The van der Waals surface area contributed by atoms with Crippen LogP contribution in [0.4, 0.5) is 0 Å². The van der Waals surface area contributed by atoms with Gasteiger partial charge in [-0.3, -0.25) is 4.98 Å². The highest BCUT2D eigenvalue weighted by atomic mass is 16.5. The number of nitrogens with zero attached hydrogens (tertiary/aromatic N) is 1. The van der Waals surface area contributed by atoms with Crippen molar-refractivity contribution in [3.05, 3.63) is 24.0 Å². The Morgan fingerprint density at radius 3 is 2.94 bits per heavy atom. The van der Waals surface area contributed by atoms with E-state index in [0.717, 1.165) is 12.3 Å². The fourth-order valence-corrected chi connectivity index (χ4v) is 2.85. The fraction of sp³-hybridized carbons (Fsp3) is 0.667. The number of methoxy groups -OCH3 is 1. The molecule has 0 aromatic carbocycles. The Morgan fingerprint density at radius 1 is 1.33 bits per heavy atom. The van der Waals surface area contributed by atoms with Gasteiger partial charge in [-0.15, -0.1) is 0 Å². The Balaban J connectivity index is 2.11. The van der Waals surface area contributed by atoms with Gasteiger partial charge in [-0.2, -0.15) is 0 Å². The molecule has 100 valence electrons. The number of aromatic nitrogens is 1. The Morgan fingerprint density at radius 2 is 2.17 bits per heavy atom. The van der Waals surface area contributed by atoms with Gasteiger partial charge in [0.05, 0.1) is 13.3 Å². The van der Waals surface area contributed by atoms with Crippen molar-refractivity contribution in [2.45, 2.75) is 51.0 Å². The summed E-state index contributed by atoms with van der Waals surface area (Å²) in [5.41, 5.74) is 1.32. The smallest absolute Gasteiger partial charge is 0.137 e. The van der Waals surface area contributed by atoms with Crippen molar-refractivity contribution < 1.29 is 4.74 Å². The van der Waals surface area contributed by atoms with E-state index in [9.17, 15) is 0 Å². The first-order chi connectivity index (χ1) is 8.85. The lowest BCUT2D eigenvalue weighted by atomic mass is 9.80. The van der Waals surface area contributed by atoms with Crippen LogP contribution in [-0.2, 0) is 0 Å². The van der Waals surface area contributed by atoms with Gasteiger partial charge in [-0.25, -0.2) is 0 Å². The summed E-state index contributed by atoms with van der Waals surface area (Å²) in [7, 11) is 1.70. The number of hydrogen-bond acceptors (Lipinski definition) is 3. The average molecular weight is 248 g/mol. The molecule has 1 aromatic rings. The van der Waals surface area contributed by atoms with Crippen LogP contribution >= 0.6 is 0 Å². The van der Waals surface area contributed by atoms with Crippen LogP contribution in [0.5, 0.6) is 5.75 Å². The first-order valence-corrected chi connectivity index (χ1v) is 7.07. The summed E-state index contributed by atoms with van der Waals surface area (Å²) in [5, 5.41) is 3.69. The Labute approximate surface area is 110 Å². The van der Waals surface area contributed by atoms with Crippen molar-refractivity contribution in [2.75, 3.05) is 13.7 Å².